The van der Waals surface area contributed by atoms with Crippen molar-refractivity contribution in [2.24, 2.45) is 4.40 Å². The van der Waals surface area contributed by atoms with Crippen molar-refractivity contribution in [3.8, 4) is 0 Å². The van der Waals surface area contributed by atoms with Crippen LogP contribution in [0.5, 0.6) is 0 Å². The van der Waals surface area contributed by atoms with Crippen LogP contribution in [0.4, 0.5) is 10.1 Å². The zero-order valence-corrected chi connectivity index (χ0v) is 16.5. The van der Waals surface area contributed by atoms with Gasteiger partial charge in [0.2, 0.25) is 11.5 Å². The average molecular weight is 445 g/mol. The molecule has 0 saturated heterocycles. The number of rotatable bonds is 6. The molecule has 0 fully saturated rings. The number of amides is 1. The SMILES string of the molecule is C/C=C(/C(=O)Nc1ccc(F)c(Br)c1)N(C)[S+]([O-])N=Cc1nccs1. The van der Waals surface area contributed by atoms with Crippen molar-refractivity contribution in [1.82, 2.24) is 9.29 Å². The predicted octanol–water partition coefficient (Wildman–Crippen LogP) is 3.52. The zero-order valence-electron chi connectivity index (χ0n) is 13.3. The Kier molecular flexibility index (Phi) is 7.12. The molecule has 0 aliphatic carbocycles. The second kappa shape index (κ2) is 9.09. The van der Waals surface area contributed by atoms with Crippen LogP contribution in [0.25, 0.3) is 0 Å². The lowest BCUT2D eigenvalue weighted by Gasteiger charge is -2.19. The number of carbonyl (C=O) groups is 1. The molecular weight excluding hydrogens is 431 g/mol. The summed E-state index contributed by atoms with van der Waals surface area (Å²) in [6.07, 6.45) is 4.52. The normalized spacial score (nSPS) is 13.1. The van der Waals surface area contributed by atoms with Crippen LogP contribution in [0.3, 0.4) is 0 Å². The molecule has 1 amide bonds. The van der Waals surface area contributed by atoms with E-state index in [1.165, 1.54) is 53.2 Å². The Morgan fingerprint density at radius 3 is 2.92 bits per heavy atom. The third kappa shape index (κ3) is 5.36. The molecule has 0 aliphatic rings. The van der Waals surface area contributed by atoms with Crippen LogP contribution >= 0.6 is 27.3 Å². The monoisotopic (exact) mass is 444 g/mol. The average Bonchev–Trinajstić information content (AvgIpc) is 3.10. The molecule has 1 unspecified atom stereocenters. The van der Waals surface area contributed by atoms with E-state index in [-0.39, 0.29) is 10.2 Å². The summed E-state index contributed by atoms with van der Waals surface area (Å²) >= 11 is 2.62. The van der Waals surface area contributed by atoms with Gasteiger partial charge in [-0.25, -0.2) is 9.37 Å². The fourth-order valence-electron chi connectivity index (χ4n) is 1.77. The molecule has 1 aromatic carbocycles. The molecule has 0 saturated carbocycles. The van der Waals surface area contributed by atoms with E-state index in [1.54, 1.807) is 18.5 Å². The van der Waals surface area contributed by atoms with Crippen molar-refractivity contribution >= 4 is 56.6 Å². The van der Waals surface area contributed by atoms with Crippen molar-refractivity contribution in [3.63, 3.8) is 0 Å². The smallest absolute Gasteiger partial charge is 0.276 e. The second-order valence-corrected chi connectivity index (χ2v) is 7.59. The third-order valence-electron chi connectivity index (χ3n) is 2.96. The molecule has 0 radical (unpaired) electrons. The lowest BCUT2D eigenvalue weighted by Crippen LogP contribution is -2.31. The number of hydrogen-bond acceptors (Lipinski definition) is 6. The van der Waals surface area contributed by atoms with Crippen LogP contribution in [0, 0.1) is 5.82 Å². The van der Waals surface area contributed by atoms with E-state index >= 15 is 0 Å². The molecule has 1 atom stereocenters. The number of thiazole rings is 1. The minimum Gasteiger partial charge on any atom is -0.566 e. The minimum atomic E-state index is -1.79. The maximum Gasteiger partial charge on any atom is 0.276 e. The molecule has 1 N–H and O–H groups in total. The van der Waals surface area contributed by atoms with Crippen LogP contribution in [0.15, 0.2) is 50.4 Å². The molecule has 25 heavy (non-hydrogen) atoms. The number of allylic oxidation sites excluding steroid dienone is 1. The largest absolute Gasteiger partial charge is 0.566 e. The quantitative estimate of drug-likeness (QED) is 0.419. The van der Waals surface area contributed by atoms with Crippen LogP contribution in [0.2, 0.25) is 0 Å². The van der Waals surface area contributed by atoms with E-state index in [2.05, 4.69) is 30.6 Å². The second-order valence-electron chi connectivity index (χ2n) is 4.59. The van der Waals surface area contributed by atoms with Gasteiger partial charge in [0.05, 0.1) is 11.5 Å². The highest BCUT2D eigenvalue weighted by Gasteiger charge is 2.23. The first-order valence-corrected chi connectivity index (χ1v) is 9.68. The molecule has 0 bridgehead atoms. The molecular formula is C15H14BrFN4O2S2. The summed E-state index contributed by atoms with van der Waals surface area (Å²) < 4.78 is 30.9. The van der Waals surface area contributed by atoms with Gasteiger partial charge in [-0.15, -0.1) is 11.3 Å². The van der Waals surface area contributed by atoms with Crippen molar-refractivity contribution < 1.29 is 13.7 Å². The summed E-state index contributed by atoms with van der Waals surface area (Å²) in [6.45, 7) is 1.65. The third-order valence-corrected chi connectivity index (χ3v) is 5.23. The van der Waals surface area contributed by atoms with Crippen LogP contribution < -0.4 is 5.32 Å². The molecule has 10 heteroatoms. The Morgan fingerprint density at radius 2 is 2.32 bits per heavy atom. The number of anilines is 1. The number of benzene rings is 1. The molecule has 0 spiro atoms. The maximum absolute atomic E-state index is 13.3. The minimum absolute atomic E-state index is 0.162. The molecule has 2 rings (SSSR count). The van der Waals surface area contributed by atoms with Gasteiger partial charge in [-0.2, -0.15) is 4.31 Å². The van der Waals surface area contributed by atoms with Gasteiger partial charge < -0.3 is 9.87 Å². The summed E-state index contributed by atoms with van der Waals surface area (Å²) in [7, 11) is 1.49. The van der Waals surface area contributed by atoms with Crippen molar-refractivity contribution in [2.45, 2.75) is 6.92 Å². The summed E-state index contributed by atoms with van der Waals surface area (Å²) in [6, 6.07) is 4.11. The van der Waals surface area contributed by atoms with Gasteiger partial charge in [0.15, 0.2) is 0 Å². The van der Waals surface area contributed by atoms with Gasteiger partial charge in [-0.05, 0) is 45.5 Å². The number of hydrogen-bond donors (Lipinski definition) is 1. The summed E-state index contributed by atoms with van der Waals surface area (Å²) in [5, 5.41) is 5.02. The molecule has 0 aliphatic heterocycles. The van der Waals surface area contributed by atoms with E-state index in [0.717, 1.165) is 0 Å². The molecule has 6 nitrogen and oxygen atoms in total. The number of carbonyl (C=O) groups excluding carboxylic acids is 1. The van der Waals surface area contributed by atoms with Gasteiger partial charge in [0.25, 0.3) is 5.91 Å². The van der Waals surface area contributed by atoms with E-state index in [9.17, 15) is 13.7 Å². The van der Waals surface area contributed by atoms with Gasteiger partial charge >= 0.3 is 0 Å². The lowest BCUT2D eigenvalue weighted by molar-refractivity contribution is -0.113. The molecule has 132 valence electrons. The van der Waals surface area contributed by atoms with Gasteiger partial charge in [0.1, 0.15) is 22.7 Å². The fourth-order valence-corrected chi connectivity index (χ4v) is 3.40. The molecule has 2 aromatic rings. The predicted molar refractivity (Wildman–Crippen MR) is 102 cm³/mol. The van der Waals surface area contributed by atoms with Crippen molar-refractivity contribution in [2.75, 3.05) is 12.4 Å². The summed E-state index contributed by atoms with van der Waals surface area (Å²) in [4.78, 5) is 16.4. The Bertz CT molecular complexity index is 799. The first-order valence-electron chi connectivity index (χ1n) is 6.94. The van der Waals surface area contributed by atoms with E-state index in [0.29, 0.717) is 10.7 Å². The number of nitrogens with one attached hydrogen (secondary N) is 1. The maximum atomic E-state index is 13.3. The molecule has 1 heterocycles. The first kappa shape index (κ1) is 19.6. The van der Waals surface area contributed by atoms with Crippen LogP contribution in [-0.2, 0) is 16.3 Å². The Morgan fingerprint density at radius 1 is 1.56 bits per heavy atom. The lowest BCUT2D eigenvalue weighted by atomic mass is 10.3. The number of halogens is 2. The zero-order chi connectivity index (χ0) is 18.4. The Balaban J connectivity index is 2.06. The number of nitrogens with zero attached hydrogens (tertiary/aromatic N) is 3. The first-order chi connectivity index (χ1) is 11.9. The highest BCUT2D eigenvalue weighted by molar-refractivity contribution is 9.10. The van der Waals surface area contributed by atoms with Crippen LogP contribution in [-0.4, -0.2) is 33.0 Å². The standard InChI is InChI=1S/C15H14BrFN4O2S2/c1-3-13(15(22)20-10-4-5-12(17)11(16)8-10)21(2)25(23)19-9-14-18-6-7-24-14/h3-9H,1-2H3,(H,20,22)/b13-3-,19-9?. The Labute approximate surface area is 160 Å². The van der Waals surface area contributed by atoms with Gasteiger partial charge in [-0.1, -0.05) is 6.08 Å². The topological polar surface area (TPSA) is 80.7 Å². The van der Waals surface area contributed by atoms with Crippen molar-refractivity contribution in [3.05, 3.63) is 56.8 Å². The summed E-state index contributed by atoms with van der Waals surface area (Å²) in [5.41, 5.74) is 0.568. The van der Waals surface area contributed by atoms with E-state index < -0.39 is 23.3 Å². The fraction of sp³-hybridized carbons (Fsp3) is 0.133. The molecule has 1 aromatic heterocycles. The summed E-state index contributed by atoms with van der Waals surface area (Å²) in [5.74, 6) is -0.916. The van der Waals surface area contributed by atoms with E-state index in [4.69, 9.17) is 0 Å². The van der Waals surface area contributed by atoms with Crippen molar-refractivity contribution in [1.29, 1.82) is 0 Å². The number of likely N-dealkylation sites (N-methyl/N-ethyl adjacent to an activating group) is 1. The highest BCUT2D eigenvalue weighted by atomic mass is 79.9. The van der Waals surface area contributed by atoms with Crippen LogP contribution in [0.1, 0.15) is 11.9 Å². The highest BCUT2D eigenvalue weighted by Crippen LogP contribution is 2.21. The van der Waals surface area contributed by atoms with E-state index in [1.807, 2.05) is 0 Å². The Hall–Kier alpha value is -1.75. The van der Waals surface area contributed by atoms with Gasteiger partial charge in [0, 0.05) is 17.3 Å². The number of aromatic nitrogens is 1. The van der Waals surface area contributed by atoms with Gasteiger partial charge in [-0.3, -0.25) is 4.79 Å².